The van der Waals surface area contributed by atoms with Gasteiger partial charge in [-0.2, -0.15) is 0 Å². The lowest BCUT2D eigenvalue weighted by molar-refractivity contribution is 0.414. The predicted molar refractivity (Wildman–Crippen MR) is 189 cm³/mol. The third-order valence-electron chi connectivity index (χ3n) is 8.79. The SMILES string of the molecule is COc1cccc(-n2c3ccccc3c3cc(-c4cc5c6ccccc6n(-c6ccc(-c7sccc7C)nc6)c5cn4)ncc32)c1. The summed E-state index contributed by atoms with van der Waals surface area (Å²) in [5, 5.41) is 6.69. The van der Waals surface area contributed by atoms with Gasteiger partial charge in [-0.3, -0.25) is 15.0 Å². The van der Waals surface area contributed by atoms with Crippen LogP contribution in [0.2, 0.25) is 0 Å². The average molecular weight is 614 g/mol. The fourth-order valence-corrected chi connectivity index (χ4v) is 7.51. The van der Waals surface area contributed by atoms with Crippen LogP contribution in [0.1, 0.15) is 5.56 Å². The van der Waals surface area contributed by atoms with E-state index in [1.165, 1.54) is 10.4 Å². The van der Waals surface area contributed by atoms with Crippen molar-refractivity contribution in [2.45, 2.75) is 6.92 Å². The number of methoxy groups -OCH3 is 1. The second-order valence-corrected chi connectivity index (χ2v) is 12.3. The predicted octanol–water partition coefficient (Wildman–Crippen LogP) is 9.78. The number of aryl methyl sites for hydroxylation is 1. The normalized spacial score (nSPS) is 11.7. The van der Waals surface area contributed by atoms with Gasteiger partial charge < -0.3 is 13.9 Å². The molecule has 46 heavy (non-hydrogen) atoms. The van der Waals surface area contributed by atoms with Crippen molar-refractivity contribution < 1.29 is 4.74 Å². The molecule has 9 aromatic rings. The molecule has 7 heteroatoms. The summed E-state index contributed by atoms with van der Waals surface area (Å²) in [6, 6.07) is 35.8. The van der Waals surface area contributed by atoms with Gasteiger partial charge in [0.1, 0.15) is 5.75 Å². The monoisotopic (exact) mass is 613 g/mol. The number of benzene rings is 3. The molecule has 0 N–H and O–H groups in total. The minimum absolute atomic E-state index is 0.814. The zero-order valence-corrected chi connectivity index (χ0v) is 26.0. The fourth-order valence-electron chi connectivity index (χ4n) is 6.61. The quantitative estimate of drug-likeness (QED) is 0.194. The topological polar surface area (TPSA) is 57.8 Å². The molecule has 6 heterocycles. The Hall–Kier alpha value is -5.79. The van der Waals surface area contributed by atoms with Crippen LogP contribution in [0.3, 0.4) is 0 Å². The number of nitrogens with zero attached hydrogens (tertiary/aromatic N) is 5. The van der Waals surface area contributed by atoms with E-state index in [4.69, 9.17) is 19.7 Å². The molecule has 0 amide bonds. The van der Waals surface area contributed by atoms with Crippen LogP contribution in [-0.2, 0) is 0 Å². The molecule has 6 aromatic heterocycles. The van der Waals surface area contributed by atoms with Gasteiger partial charge in [-0.05, 0) is 72.5 Å². The highest BCUT2D eigenvalue weighted by Crippen LogP contribution is 2.37. The molecule has 0 atom stereocenters. The zero-order valence-electron chi connectivity index (χ0n) is 25.2. The summed E-state index contributed by atoms with van der Waals surface area (Å²) < 4.78 is 10.0. The van der Waals surface area contributed by atoms with Crippen LogP contribution in [0.25, 0.3) is 76.9 Å². The van der Waals surface area contributed by atoms with E-state index in [1.54, 1.807) is 18.4 Å². The second kappa shape index (κ2) is 10.4. The third-order valence-corrected chi connectivity index (χ3v) is 9.83. The summed E-state index contributed by atoms with van der Waals surface area (Å²) in [4.78, 5) is 16.0. The van der Waals surface area contributed by atoms with Crippen LogP contribution >= 0.6 is 11.3 Å². The van der Waals surface area contributed by atoms with Crippen LogP contribution < -0.4 is 4.74 Å². The summed E-state index contributed by atoms with van der Waals surface area (Å²) in [6.45, 7) is 2.13. The van der Waals surface area contributed by atoms with E-state index in [2.05, 4.69) is 112 Å². The number of aromatic nitrogens is 5. The van der Waals surface area contributed by atoms with E-state index in [1.807, 2.05) is 30.7 Å². The summed E-state index contributed by atoms with van der Waals surface area (Å²) in [6.07, 6.45) is 5.89. The van der Waals surface area contributed by atoms with Gasteiger partial charge >= 0.3 is 0 Å². The summed E-state index contributed by atoms with van der Waals surface area (Å²) in [5.41, 5.74) is 10.2. The second-order valence-electron chi connectivity index (χ2n) is 11.4. The summed E-state index contributed by atoms with van der Waals surface area (Å²) >= 11 is 1.72. The zero-order chi connectivity index (χ0) is 30.8. The molecule has 0 saturated carbocycles. The Morgan fingerprint density at radius 3 is 1.76 bits per heavy atom. The molecule has 220 valence electrons. The van der Waals surface area contributed by atoms with Crippen molar-refractivity contribution in [2.75, 3.05) is 7.11 Å². The van der Waals surface area contributed by atoms with Crippen molar-refractivity contribution in [3.05, 3.63) is 133 Å². The Morgan fingerprint density at radius 1 is 0.543 bits per heavy atom. The smallest absolute Gasteiger partial charge is 0.120 e. The number of thiophene rings is 1. The maximum absolute atomic E-state index is 5.53. The van der Waals surface area contributed by atoms with Crippen LogP contribution in [0, 0.1) is 6.92 Å². The van der Waals surface area contributed by atoms with Crippen molar-refractivity contribution in [3.63, 3.8) is 0 Å². The van der Waals surface area contributed by atoms with E-state index in [-0.39, 0.29) is 0 Å². The number of hydrogen-bond donors (Lipinski definition) is 0. The molecular weight excluding hydrogens is 587 g/mol. The number of rotatable bonds is 5. The van der Waals surface area contributed by atoms with Gasteiger partial charge in [0.25, 0.3) is 0 Å². The molecule has 0 aliphatic rings. The Morgan fingerprint density at radius 2 is 1.17 bits per heavy atom. The first-order valence-electron chi connectivity index (χ1n) is 15.1. The number of hydrogen-bond acceptors (Lipinski definition) is 5. The lowest BCUT2D eigenvalue weighted by Crippen LogP contribution is -1.96. The Kier molecular flexibility index (Phi) is 6.01. The van der Waals surface area contributed by atoms with E-state index in [0.717, 1.165) is 77.8 Å². The largest absolute Gasteiger partial charge is 0.497 e. The molecule has 0 radical (unpaired) electrons. The van der Waals surface area contributed by atoms with Crippen molar-refractivity contribution in [1.29, 1.82) is 0 Å². The van der Waals surface area contributed by atoms with Gasteiger partial charge in [-0.1, -0.05) is 42.5 Å². The third kappa shape index (κ3) is 4.06. The number of ether oxygens (including phenoxy) is 1. The molecule has 0 aliphatic carbocycles. The van der Waals surface area contributed by atoms with E-state index in [9.17, 15) is 0 Å². The summed E-state index contributed by atoms with van der Waals surface area (Å²) in [7, 11) is 1.69. The van der Waals surface area contributed by atoms with Gasteiger partial charge in [0.15, 0.2) is 0 Å². The molecule has 0 unspecified atom stereocenters. The van der Waals surface area contributed by atoms with Crippen molar-refractivity contribution in [1.82, 2.24) is 24.1 Å². The van der Waals surface area contributed by atoms with Crippen LogP contribution in [0.15, 0.2) is 127 Å². The molecule has 0 bridgehead atoms. The Balaban J connectivity index is 1.19. The number of pyridine rings is 3. The molecule has 0 spiro atoms. The molecule has 3 aromatic carbocycles. The van der Waals surface area contributed by atoms with Crippen molar-refractivity contribution in [2.24, 2.45) is 0 Å². The maximum atomic E-state index is 5.53. The van der Waals surface area contributed by atoms with Crippen molar-refractivity contribution in [3.8, 4) is 39.1 Å². The lowest BCUT2D eigenvalue weighted by atomic mass is 10.1. The van der Waals surface area contributed by atoms with Gasteiger partial charge in [0.05, 0.1) is 75.4 Å². The average Bonchev–Trinajstić information content (AvgIpc) is 3.79. The van der Waals surface area contributed by atoms with Gasteiger partial charge in [-0.25, -0.2) is 0 Å². The minimum Gasteiger partial charge on any atom is -0.497 e. The first kappa shape index (κ1) is 26.6. The first-order chi connectivity index (χ1) is 22.7. The Bertz CT molecular complexity index is 2590. The van der Waals surface area contributed by atoms with Gasteiger partial charge in [0.2, 0.25) is 0 Å². The lowest BCUT2D eigenvalue weighted by Gasteiger charge is -2.10. The molecular formula is C39H27N5OS. The van der Waals surface area contributed by atoms with E-state index >= 15 is 0 Å². The Labute approximate surface area is 268 Å². The van der Waals surface area contributed by atoms with Gasteiger partial charge in [-0.15, -0.1) is 11.3 Å². The molecule has 0 saturated heterocycles. The standard InChI is InChI=1S/C39H27N5OS/c1-24-16-17-46-39(24)32-15-14-26(21-40-32)44-36-13-6-4-11-29(36)31-20-34(42-23-38(31)44)33-19-30-28-10-3-5-12-35(28)43(37(30)22-41-33)25-8-7-9-27(18-25)45-2/h3-23H,1-2H3. The fraction of sp³-hybridized carbons (Fsp3) is 0.0513. The first-order valence-corrected chi connectivity index (χ1v) is 16.0. The molecule has 6 nitrogen and oxygen atoms in total. The van der Waals surface area contributed by atoms with Gasteiger partial charge in [0, 0.05) is 33.3 Å². The minimum atomic E-state index is 0.814. The van der Waals surface area contributed by atoms with Crippen LogP contribution in [0.5, 0.6) is 5.75 Å². The summed E-state index contributed by atoms with van der Waals surface area (Å²) in [5.74, 6) is 0.814. The van der Waals surface area contributed by atoms with E-state index < -0.39 is 0 Å². The number of fused-ring (bicyclic) bond motifs is 6. The van der Waals surface area contributed by atoms with Crippen molar-refractivity contribution >= 4 is 54.9 Å². The maximum Gasteiger partial charge on any atom is 0.120 e. The van der Waals surface area contributed by atoms with E-state index in [0.29, 0.717) is 0 Å². The van der Waals surface area contributed by atoms with Crippen LogP contribution in [-0.4, -0.2) is 31.2 Å². The number of para-hydroxylation sites is 2. The highest BCUT2D eigenvalue weighted by Gasteiger charge is 2.18. The molecule has 0 fully saturated rings. The molecule has 0 aliphatic heterocycles. The highest BCUT2D eigenvalue weighted by molar-refractivity contribution is 7.13. The van der Waals surface area contributed by atoms with Crippen LogP contribution in [0.4, 0.5) is 0 Å². The molecule has 9 rings (SSSR count). The highest BCUT2D eigenvalue weighted by atomic mass is 32.1.